The van der Waals surface area contributed by atoms with Crippen molar-refractivity contribution in [2.45, 2.75) is 65.0 Å². The van der Waals surface area contributed by atoms with Crippen molar-refractivity contribution in [2.75, 3.05) is 18.6 Å². The molecule has 0 aromatic heterocycles. The van der Waals surface area contributed by atoms with E-state index in [1.807, 2.05) is 30.0 Å². The Bertz CT molecular complexity index is 845. The summed E-state index contributed by atoms with van der Waals surface area (Å²) in [6.07, 6.45) is 8.26. The van der Waals surface area contributed by atoms with Gasteiger partial charge in [-0.15, -0.1) is 0 Å². The van der Waals surface area contributed by atoms with E-state index in [1.54, 1.807) is 0 Å². The van der Waals surface area contributed by atoms with Crippen LogP contribution in [0.1, 0.15) is 66.9 Å². The molecule has 1 aliphatic rings. The summed E-state index contributed by atoms with van der Waals surface area (Å²) in [4.78, 5) is 12.4. The molecule has 1 atom stereocenters. The van der Waals surface area contributed by atoms with Crippen molar-refractivity contribution in [3.8, 4) is 11.1 Å². The number of esters is 1. The molecule has 1 unspecified atom stereocenters. The number of aryl methyl sites for hydroxylation is 1. The molecule has 31 heavy (non-hydrogen) atoms. The fourth-order valence-electron chi connectivity index (χ4n) is 4.65. The number of ether oxygens (including phenoxy) is 1. The minimum Gasteiger partial charge on any atom is -0.465 e. The van der Waals surface area contributed by atoms with Gasteiger partial charge in [-0.3, -0.25) is 0 Å². The molecule has 1 N–H and O–H groups in total. The summed E-state index contributed by atoms with van der Waals surface area (Å²) in [6, 6.07) is 14.9. The molecule has 168 valence electrons. The molecule has 0 amide bonds. The Morgan fingerprint density at radius 2 is 1.90 bits per heavy atom. The first kappa shape index (κ1) is 23.9. The van der Waals surface area contributed by atoms with Gasteiger partial charge in [0.1, 0.15) is 0 Å². The molecular formula is C27H37NO2S. The van der Waals surface area contributed by atoms with E-state index < -0.39 is 0 Å². The van der Waals surface area contributed by atoms with E-state index in [4.69, 9.17) is 4.74 Å². The van der Waals surface area contributed by atoms with E-state index in [0.29, 0.717) is 11.6 Å². The number of rotatable bonds is 10. The first-order valence-electron chi connectivity index (χ1n) is 11.7. The molecule has 3 nitrogen and oxygen atoms in total. The maximum atomic E-state index is 12.4. The fourth-order valence-corrected chi connectivity index (χ4v) is 5.42. The Morgan fingerprint density at radius 3 is 2.61 bits per heavy atom. The summed E-state index contributed by atoms with van der Waals surface area (Å²) >= 11 is 2.03. The Morgan fingerprint density at radius 1 is 1.13 bits per heavy atom. The van der Waals surface area contributed by atoms with Crippen molar-refractivity contribution < 1.29 is 9.53 Å². The number of carbonyl (C=O) groups is 1. The monoisotopic (exact) mass is 439 g/mol. The van der Waals surface area contributed by atoms with Gasteiger partial charge >= 0.3 is 5.97 Å². The zero-order valence-electron chi connectivity index (χ0n) is 19.3. The van der Waals surface area contributed by atoms with Crippen LogP contribution in [0, 0.1) is 12.8 Å². The molecule has 1 fully saturated rings. The smallest absolute Gasteiger partial charge is 0.338 e. The van der Waals surface area contributed by atoms with E-state index in [2.05, 4.69) is 43.4 Å². The third-order valence-electron chi connectivity index (χ3n) is 6.39. The van der Waals surface area contributed by atoms with Crippen LogP contribution in [0.4, 0.5) is 0 Å². The van der Waals surface area contributed by atoms with E-state index in [9.17, 15) is 4.79 Å². The van der Waals surface area contributed by atoms with Gasteiger partial charge < -0.3 is 10.1 Å². The number of carbonyl (C=O) groups excluding carboxylic acids is 1. The summed E-state index contributed by atoms with van der Waals surface area (Å²) in [7, 11) is 1.45. The maximum Gasteiger partial charge on any atom is 0.338 e. The lowest BCUT2D eigenvalue weighted by atomic mass is 9.85. The number of benzene rings is 2. The van der Waals surface area contributed by atoms with Gasteiger partial charge in [-0.05, 0) is 59.4 Å². The number of hydrogen-bond donors (Lipinski definition) is 1. The molecule has 0 radical (unpaired) electrons. The number of thioether (sulfide) groups is 1. The van der Waals surface area contributed by atoms with Crippen LogP contribution in [-0.4, -0.2) is 30.6 Å². The average Bonchev–Trinajstić information content (AvgIpc) is 2.81. The molecule has 2 aromatic carbocycles. The van der Waals surface area contributed by atoms with E-state index in [-0.39, 0.29) is 5.97 Å². The number of nitrogens with one attached hydrogen (secondary N) is 1. The van der Waals surface area contributed by atoms with Crippen LogP contribution in [0.5, 0.6) is 0 Å². The lowest BCUT2D eigenvalue weighted by Crippen LogP contribution is -2.33. The standard InChI is InChI=1S/C27H37NO2S/c1-4-31-19-23(16-21-11-6-5-7-12-21)28-18-22-14-15-25(27(29)30-3)26(17-22)24-13-9-8-10-20(24)2/h8-10,13-15,17,21,23,28H,4-7,11-12,16,18-19H2,1-3H3. The second kappa shape index (κ2) is 12.3. The van der Waals surface area contributed by atoms with Crippen LogP contribution >= 0.6 is 11.8 Å². The molecular weight excluding hydrogens is 402 g/mol. The summed E-state index contributed by atoms with van der Waals surface area (Å²) < 4.78 is 5.05. The normalized spacial score (nSPS) is 15.6. The SMILES string of the molecule is CCSCC(CC1CCCCC1)NCc1ccc(C(=O)OC)c(-c2ccccc2C)c1. The van der Waals surface area contributed by atoms with Gasteiger partial charge in [0.15, 0.2) is 0 Å². The quantitative estimate of drug-likeness (QED) is 0.422. The molecule has 1 saturated carbocycles. The van der Waals surface area contributed by atoms with Gasteiger partial charge in [0.2, 0.25) is 0 Å². The highest BCUT2D eigenvalue weighted by Gasteiger charge is 2.20. The molecule has 4 heteroatoms. The van der Waals surface area contributed by atoms with Gasteiger partial charge in [0, 0.05) is 18.3 Å². The van der Waals surface area contributed by atoms with Crippen molar-refractivity contribution >= 4 is 17.7 Å². The van der Waals surface area contributed by atoms with Crippen molar-refractivity contribution in [3.05, 3.63) is 59.2 Å². The zero-order valence-corrected chi connectivity index (χ0v) is 20.1. The Balaban J connectivity index is 1.77. The molecule has 0 spiro atoms. The second-order valence-corrected chi connectivity index (χ2v) is 9.98. The second-order valence-electron chi connectivity index (χ2n) is 8.66. The largest absolute Gasteiger partial charge is 0.465 e. The molecule has 0 saturated heterocycles. The lowest BCUT2D eigenvalue weighted by molar-refractivity contribution is 0.0601. The first-order chi connectivity index (χ1) is 15.1. The highest BCUT2D eigenvalue weighted by Crippen LogP contribution is 2.30. The first-order valence-corrected chi connectivity index (χ1v) is 12.9. The average molecular weight is 440 g/mol. The van der Waals surface area contributed by atoms with Gasteiger partial charge in [0.05, 0.1) is 12.7 Å². The van der Waals surface area contributed by atoms with Crippen LogP contribution in [0.2, 0.25) is 0 Å². The summed E-state index contributed by atoms with van der Waals surface area (Å²) in [6.45, 7) is 5.15. The molecule has 0 aliphatic heterocycles. The van der Waals surface area contributed by atoms with Gasteiger partial charge in [-0.1, -0.05) is 69.4 Å². The number of hydrogen-bond acceptors (Lipinski definition) is 4. The predicted octanol–water partition coefficient (Wildman–Crippen LogP) is 6.63. The van der Waals surface area contributed by atoms with E-state index >= 15 is 0 Å². The van der Waals surface area contributed by atoms with Crippen molar-refractivity contribution in [1.29, 1.82) is 0 Å². The highest BCUT2D eigenvalue weighted by molar-refractivity contribution is 7.99. The lowest BCUT2D eigenvalue weighted by Gasteiger charge is -2.27. The minimum absolute atomic E-state index is 0.285. The predicted molar refractivity (Wildman–Crippen MR) is 133 cm³/mol. The van der Waals surface area contributed by atoms with Crippen LogP contribution in [-0.2, 0) is 11.3 Å². The summed E-state index contributed by atoms with van der Waals surface area (Å²) in [5.74, 6) is 2.91. The van der Waals surface area contributed by atoms with Gasteiger partial charge in [0.25, 0.3) is 0 Å². The van der Waals surface area contributed by atoms with Gasteiger partial charge in [-0.25, -0.2) is 4.79 Å². The van der Waals surface area contributed by atoms with Crippen molar-refractivity contribution in [2.24, 2.45) is 5.92 Å². The molecule has 2 aromatic rings. The number of methoxy groups -OCH3 is 1. The highest BCUT2D eigenvalue weighted by atomic mass is 32.2. The minimum atomic E-state index is -0.285. The summed E-state index contributed by atoms with van der Waals surface area (Å²) in [5, 5.41) is 3.84. The fraction of sp³-hybridized carbons (Fsp3) is 0.519. The Labute approximate surface area is 192 Å². The van der Waals surface area contributed by atoms with Crippen LogP contribution < -0.4 is 5.32 Å². The molecule has 0 heterocycles. The van der Waals surface area contributed by atoms with E-state index in [1.165, 1.54) is 51.2 Å². The molecule has 3 rings (SSSR count). The van der Waals surface area contributed by atoms with Crippen LogP contribution in [0.3, 0.4) is 0 Å². The Kier molecular flexibility index (Phi) is 9.48. The third-order valence-corrected chi connectivity index (χ3v) is 7.43. The summed E-state index contributed by atoms with van der Waals surface area (Å²) in [5.41, 5.74) is 5.04. The topological polar surface area (TPSA) is 38.3 Å². The van der Waals surface area contributed by atoms with Crippen molar-refractivity contribution in [3.63, 3.8) is 0 Å². The van der Waals surface area contributed by atoms with Crippen molar-refractivity contribution in [1.82, 2.24) is 5.32 Å². The van der Waals surface area contributed by atoms with Gasteiger partial charge in [-0.2, -0.15) is 11.8 Å². The Hall–Kier alpha value is -1.78. The zero-order chi connectivity index (χ0) is 22.1. The maximum absolute atomic E-state index is 12.4. The third kappa shape index (κ3) is 6.85. The molecule has 1 aliphatic carbocycles. The van der Waals surface area contributed by atoms with E-state index in [0.717, 1.165) is 40.7 Å². The van der Waals surface area contributed by atoms with Crippen LogP contribution in [0.15, 0.2) is 42.5 Å². The van der Waals surface area contributed by atoms with Crippen LogP contribution in [0.25, 0.3) is 11.1 Å². The molecule has 0 bridgehead atoms.